The Balaban J connectivity index is 2.34. The van der Waals surface area contributed by atoms with Gasteiger partial charge < -0.3 is 15.3 Å². The molecule has 1 heterocycles. The molecule has 0 aliphatic carbocycles. The number of nitrogens with one attached hydrogen (secondary N) is 1. The zero-order valence-electron chi connectivity index (χ0n) is 11.8. The van der Waals surface area contributed by atoms with Crippen LogP contribution in [0, 0.1) is 0 Å². The number of nitrogens with zero attached hydrogens (tertiary/aromatic N) is 2. The summed E-state index contributed by atoms with van der Waals surface area (Å²) < 4.78 is 0. The molecule has 0 spiro atoms. The number of aromatic hydroxyl groups is 1. The van der Waals surface area contributed by atoms with Crippen molar-refractivity contribution in [3.05, 3.63) is 28.8 Å². The number of halogens is 1. The molecule has 1 aromatic rings. The second-order valence-corrected chi connectivity index (χ2v) is 5.54. The monoisotopic (exact) mass is 297 g/mol. The van der Waals surface area contributed by atoms with Crippen LogP contribution in [0.15, 0.2) is 18.2 Å². The van der Waals surface area contributed by atoms with Crippen LogP contribution in [0.1, 0.15) is 11.6 Å². The molecular formula is C14H20ClN3O2. The van der Waals surface area contributed by atoms with Crippen molar-refractivity contribution >= 4 is 17.5 Å². The lowest BCUT2D eigenvalue weighted by Gasteiger charge is -2.35. The van der Waals surface area contributed by atoms with Crippen molar-refractivity contribution in [3.8, 4) is 5.75 Å². The van der Waals surface area contributed by atoms with Crippen molar-refractivity contribution in [1.29, 1.82) is 0 Å². The van der Waals surface area contributed by atoms with Gasteiger partial charge in [0, 0.05) is 40.3 Å². The number of amides is 1. The van der Waals surface area contributed by atoms with E-state index in [0.717, 1.165) is 31.7 Å². The molecule has 2 N–H and O–H groups in total. The number of likely N-dealkylation sites (N-methyl/N-ethyl adjacent to an activating group) is 1. The topological polar surface area (TPSA) is 55.8 Å². The van der Waals surface area contributed by atoms with Crippen molar-refractivity contribution in [3.63, 3.8) is 0 Å². The van der Waals surface area contributed by atoms with Crippen molar-refractivity contribution in [1.82, 2.24) is 15.1 Å². The highest BCUT2D eigenvalue weighted by Gasteiger charge is 2.30. The molecule has 1 amide bonds. The molecule has 110 valence electrons. The van der Waals surface area contributed by atoms with E-state index in [1.165, 1.54) is 6.07 Å². The summed E-state index contributed by atoms with van der Waals surface area (Å²) in [5.41, 5.74) is 0.813. The average molecular weight is 298 g/mol. The third-order valence-corrected chi connectivity index (χ3v) is 3.78. The van der Waals surface area contributed by atoms with Gasteiger partial charge in [0.25, 0.3) is 0 Å². The third kappa shape index (κ3) is 3.23. The van der Waals surface area contributed by atoms with Gasteiger partial charge in [0.05, 0.1) is 5.02 Å². The largest absolute Gasteiger partial charge is 0.506 e. The fourth-order valence-corrected chi connectivity index (χ4v) is 2.58. The molecule has 0 aromatic heterocycles. The van der Waals surface area contributed by atoms with Crippen molar-refractivity contribution in [2.75, 3.05) is 40.3 Å². The lowest BCUT2D eigenvalue weighted by atomic mass is 10.0. The molecule has 0 radical (unpaired) electrons. The normalized spacial score (nSPS) is 17.8. The molecule has 0 bridgehead atoms. The van der Waals surface area contributed by atoms with E-state index in [0.29, 0.717) is 0 Å². The maximum absolute atomic E-state index is 12.5. The Bertz CT molecular complexity index is 487. The van der Waals surface area contributed by atoms with Crippen molar-refractivity contribution < 1.29 is 9.90 Å². The van der Waals surface area contributed by atoms with E-state index >= 15 is 0 Å². The minimum atomic E-state index is -0.356. The minimum Gasteiger partial charge on any atom is -0.506 e. The molecule has 1 aliphatic heterocycles. The van der Waals surface area contributed by atoms with E-state index in [1.54, 1.807) is 31.1 Å². The van der Waals surface area contributed by atoms with E-state index in [4.69, 9.17) is 11.6 Å². The highest BCUT2D eigenvalue weighted by atomic mass is 35.5. The van der Waals surface area contributed by atoms with Gasteiger partial charge in [-0.05, 0) is 17.7 Å². The fraction of sp³-hybridized carbons (Fsp3) is 0.500. The zero-order valence-corrected chi connectivity index (χ0v) is 12.5. The number of piperazine rings is 1. The van der Waals surface area contributed by atoms with Gasteiger partial charge in [-0.2, -0.15) is 0 Å². The van der Waals surface area contributed by atoms with Gasteiger partial charge in [-0.3, -0.25) is 9.69 Å². The summed E-state index contributed by atoms with van der Waals surface area (Å²) in [6.45, 7) is 3.34. The molecular weight excluding hydrogens is 278 g/mol. The molecule has 1 aromatic carbocycles. The Kier molecular flexibility index (Phi) is 4.86. The minimum absolute atomic E-state index is 0.0219. The Labute approximate surface area is 124 Å². The summed E-state index contributed by atoms with van der Waals surface area (Å²) in [4.78, 5) is 16.2. The summed E-state index contributed by atoms with van der Waals surface area (Å²) in [6.07, 6.45) is 0. The number of carbonyl (C=O) groups is 1. The third-order valence-electron chi connectivity index (χ3n) is 3.48. The number of benzene rings is 1. The summed E-state index contributed by atoms with van der Waals surface area (Å²) >= 11 is 5.98. The molecule has 6 heteroatoms. The molecule has 1 aliphatic rings. The summed E-state index contributed by atoms with van der Waals surface area (Å²) in [7, 11) is 3.50. The molecule has 5 nitrogen and oxygen atoms in total. The highest BCUT2D eigenvalue weighted by molar-refractivity contribution is 6.32. The van der Waals surface area contributed by atoms with Crippen LogP contribution in [0.5, 0.6) is 5.75 Å². The Morgan fingerprint density at radius 1 is 1.40 bits per heavy atom. The SMILES string of the molecule is CN(C)C(=O)C(c1ccc(O)c(Cl)c1)N1CCNCC1. The predicted octanol–water partition coefficient (Wildman–Crippen LogP) is 1.08. The molecule has 1 atom stereocenters. The first-order chi connectivity index (χ1) is 9.50. The van der Waals surface area contributed by atoms with E-state index in [2.05, 4.69) is 10.2 Å². The molecule has 2 rings (SSSR count). The fourth-order valence-electron chi connectivity index (χ4n) is 2.39. The van der Waals surface area contributed by atoms with Crippen LogP contribution in [0.25, 0.3) is 0 Å². The molecule has 1 saturated heterocycles. The molecule has 1 unspecified atom stereocenters. The van der Waals surface area contributed by atoms with Gasteiger partial charge >= 0.3 is 0 Å². The van der Waals surface area contributed by atoms with E-state index < -0.39 is 0 Å². The van der Waals surface area contributed by atoms with Crippen molar-refractivity contribution in [2.45, 2.75) is 6.04 Å². The number of rotatable bonds is 3. The standard InChI is InChI=1S/C14H20ClN3O2/c1-17(2)14(20)13(18-7-5-16-6-8-18)10-3-4-12(19)11(15)9-10/h3-4,9,13,16,19H,5-8H2,1-2H3. The molecule has 0 saturated carbocycles. The van der Waals surface area contributed by atoms with Crippen LogP contribution in [-0.2, 0) is 4.79 Å². The number of phenols is 1. The molecule has 20 heavy (non-hydrogen) atoms. The number of hydrogen-bond donors (Lipinski definition) is 2. The quantitative estimate of drug-likeness (QED) is 0.877. The average Bonchev–Trinajstić information content (AvgIpc) is 2.44. The molecule has 1 fully saturated rings. The van der Waals surface area contributed by atoms with Gasteiger partial charge in [0.2, 0.25) is 5.91 Å². The van der Waals surface area contributed by atoms with Crippen LogP contribution >= 0.6 is 11.6 Å². The maximum atomic E-state index is 12.5. The van der Waals surface area contributed by atoms with Crippen LogP contribution in [0.3, 0.4) is 0 Å². The Morgan fingerprint density at radius 3 is 2.60 bits per heavy atom. The predicted molar refractivity (Wildman–Crippen MR) is 79.0 cm³/mol. The lowest BCUT2D eigenvalue weighted by molar-refractivity contribution is -0.135. The van der Waals surface area contributed by atoms with Gasteiger partial charge in [-0.1, -0.05) is 17.7 Å². The first kappa shape index (κ1) is 15.1. The maximum Gasteiger partial charge on any atom is 0.244 e. The highest BCUT2D eigenvalue weighted by Crippen LogP contribution is 2.30. The van der Waals surface area contributed by atoms with E-state index in [9.17, 15) is 9.90 Å². The van der Waals surface area contributed by atoms with Gasteiger partial charge in [0.15, 0.2) is 0 Å². The van der Waals surface area contributed by atoms with Crippen molar-refractivity contribution in [2.24, 2.45) is 0 Å². The first-order valence-corrected chi connectivity index (χ1v) is 7.03. The number of hydrogen-bond acceptors (Lipinski definition) is 4. The van der Waals surface area contributed by atoms with Crippen LogP contribution in [0.4, 0.5) is 0 Å². The van der Waals surface area contributed by atoms with Gasteiger partial charge in [-0.15, -0.1) is 0 Å². The zero-order chi connectivity index (χ0) is 14.7. The summed E-state index contributed by atoms with van der Waals surface area (Å²) in [6, 6.07) is 4.61. The van der Waals surface area contributed by atoms with E-state index in [1.807, 2.05) is 0 Å². The van der Waals surface area contributed by atoms with Crippen LogP contribution < -0.4 is 5.32 Å². The Hall–Kier alpha value is -1.30. The van der Waals surface area contributed by atoms with Gasteiger partial charge in [-0.25, -0.2) is 0 Å². The van der Waals surface area contributed by atoms with Crippen LogP contribution in [-0.4, -0.2) is 61.1 Å². The van der Waals surface area contributed by atoms with E-state index in [-0.39, 0.29) is 22.7 Å². The number of carbonyl (C=O) groups excluding carboxylic acids is 1. The second kappa shape index (κ2) is 6.43. The van der Waals surface area contributed by atoms with Gasteiger partial charge in [0.1, 0.15) is 11.8 Å². The number of phenolic OH excluding ortho intramolecular Hbond substituents is 1. The summed E-state index contributed by atoms with van der Waals surface area (Å²) in [5.74, 6) is 0.0560. The smallest absolute Gasteiger partial charge is 0.244 e. The first-order valence-electron chi connectivity index (χ1n) is 6.65. The lowest BCUT2D eigenvalue weighted by Crippen LogP contribution is -2.49. The Morgan fingerprint density at radius 2 is 2.05 bits per heavy atom. The van der Waals surface area contributed by atoms with Crippen LogP contribution in [0.2, 0.25) is 5.02 Å². The second-order valence-electron chi connectivity index (χ2n) is 5.13. The summed E-state index contributed by atoms with van der Waals surface area (Å²) in [5, 5.41) is 13.1.